The zero-order valence-corrected chi connectivity index (χ0v) is 15.6. The summed E-state index contributed by atoms with van der Waals surface area (Å²) in [6, 6.07) is 6.68. The maximum Gasteiger partial charge on any atom is 0.237 e. The van der Waals surface area contributed by atoms with Crippen molar-refractivity contribution < 1.29 is 9.53 Å². The summed E-state index contributed by atoms with van der Waals surface area (Å²) in [6.07, 6.45) is 4.06. The Morgan fingerprint density at radius 1 is 1.32 bits per heavy atom. The van der Waals surface area contributed by atoms with Crippen LogP contribution in [0, 0.1) is 0 Å². The summed E-state index contributed by atoms with van der Waals surface area (Å²) in [7, 11) is 1.71. The van der Waals surface area contributed by atoms with Gasteiger partial charge in [0.15, 0.2) is 0 Å². The molecule has 5 heteroatoms. The third-order valence-corrected chi connectivity index (χ3v) is 5.41. The van der Waals surface area contributed by atoms with Crippen molar-refractivity contribution >= 4 is 5.91 Å². The van der Waals surface area contributed by atoms with Crippen molar-refractivity contribution in [2.24, 2.45) is 0 Å². The first-order chi connectivity index (χ1) is 12.2. The van der Waals surface area contributed by atoms with Gasteiger partial charge in [-0.1, -0.05) is 13.0 Å². The molecular formula is C20H31N3O2. The van der Waals surface area contributed by atoms with Gasteiger partial charge in [0.05, 0.1) is 13.7 Å². The molecule has 1 aromatic rings. The van der Waals surface area contributed by atoms with Crippen LogP contribution in [0.3, 0.4) is 0 Å². The number of benzene rings is 1. The number of hydrogen-bond acceptors (Lipinski definition) is 4. The van der Waals surface area contributed by atoms with E-state index in [0.29, 0.717) is 18.5 Å². The molecule has 0 aromatic heterocycles. The van der Waals surface area contributed by atoms with E-state index in [4.69, 9.17) is 4.74 Å². The number of fused-ring (bicyclic) bond motifs is 1. The van der Waals surface area contributed by atoms with Gasteiger partial charge in [0.25, 0.3) is 0 Å². The second-order valence-corrected chi connectivity index (χ2v) is 7.14. The van der Waals surface area contributed by atoms with E-state index in [1.807, 2.05) is 6.07 Å². The van der Waals surface area contributed by atoms with Crippen molar-refractivity contribution in [1.29, 1.82) is 0 Å². The number of amides is 1. The molecule has 3 rings (SSSR count). The Kier molecular flexibility index (Phi) is 6.32. The monoisotopic (exact) mass is 345 g/mol. The van der Waals surface area contributed by atoms with Crippen LogP contribution in [0.25, 0.3) is 0 Å². The van der Waals surface area contributed by atoms with E-state index in [9.17, 15) is 4.79 Å². The molecular weight excluding hydrogens is 314 g/mol. The molecule has 0 spiro atoms. The molecule has 1 amide bonds. The zero-order valence-electron chi connectivity index (χ0n) is 15.6. The quantitative estimate of drug-likeness (QED) is 0.852. The molecule has 1 heterocycles. The summed E-state index contributed by atoms with van der Waals surface area (Å²) in [5, 5.41) is 3.35. The van der Waals surface area contributed by atoms with Crippen molar-refractivity contribution in [3.63, 3.8) is 0 Å². The molecule has 1 aliphatic carbocycles. The van der Waals surface area contributed by atoms with Crippen molar-refractivity contribution in [3.8, 4) is 5.75 Å². The average molecular weight is 345 g/mol. The Bertz CT molecular complexity index is 584. The number of piperazine rings is 1. The molecule has 1 N–H and O–H groups in total. The first-order valence-electron chi connectivity index (χ1n) is 9.59. The minimum atomic E-state index is 0.292. The number of ether oxygens (including phenoxy) is 1. The molecule has 1 fully saturated rings. The van der Waals surface area contributed by atoms with Gasteiger partial charge in [-0.2, -0.15) is 0 Å². The van der Waals surface area contributed by atoms with Crippen LogP contribution in [-0.2, 0) is 17.6 Å². The lowest BCUT2D eigenvalue weighted by Crippen LogP contribution is -2.51. The van der Waals surface area contributed by atoms with Gasteiger partial charge in [0.2, 0.25) is 5.91 Å². The SMILES string of the molecule is CCCN(C(=O)CN1CCNCC1)[C@@H]1CCc2ccc(OC)cc2C1. The molecule has 2 aliphatic rings. The van der Waals surface area contributed by atoms with Crippen molar-refractivity contribution in [1.82, 2.24) is 15.1 Å². The van der Waals surface area contributed by atoms with Crippen LogP contribution in [-0.4, -0.2) is 68.1 Å². The molecule has 25 heavy (non-hydrogen) atoms. The number of carbonyl (C=O) groups is 1. The molecule has 0 radical (unpaired) electrons. The molecule has 1 aliphatic heterocycles. The van der Waals surface area contributed by atoms with Crippen molar-refractivity contribution in [2.45, 2.75) is 38.6 Å². The van der Waals surface area contributed by atoms with E-state index >= 15 is 0 Å². The van der Waals surface area contributed by atoms with Crippen LogP contribution >= 0.6 is 0 Å². The Hall–Kier alpha value is -1.59. The topological polar surface area (TPSA) is 44.8 Å². The van der Waals surface area contributed by atoms with Crippen molar-refractivity contribution in [3.05, 3.63) is 29.3 Å². The van der Waals surface area contributed by atoms with Gasteiger partial charge in [0, 0.05) is 38.8 Å². The van der Waals surface area contributed by atoms with Crippen LogP contribution in [0.5, 0.6) is 5.75 Å². The lowest BCUT2D eigenvalue weighted by molar-refractivity contribution is -0.135. The summed E-state index contributed by atoms with van der Waals surface area (Å²) in [4.78, 5) is 17.4. The van der Waals surface area contributed by atoms with Gasteiger partial charge in [0.1, 0.15) is 5.75 Å². The number of rotatable bonds is 6. The molecule has 138 valence electrons. The summed E-state index contributed by atoms with van der Waals surface area (Å²) < 4.78 is 5.38. The highest BCUT2D eigenvalue weighted by Gasteiger charge is 2.28. The lowest BCUT2D eigenvalue weighted by atomic mass is 9.87. The Morgan fingerprint density at radius 3 is 2.84 bits per heavy atom. The average Bonchev–Trinajstić information content (AvgIpc) is 2.66. The largest absolute Gasteiger partial charge is 0.497 e. The summed E-state index contributed by atoms with van der Waals surface area (Å²) >= 11 is 0. The maximum absolute atomic E-state index is 13.0. The van der Waals surface area contributed by atoms with Gasteiger partial charge in [-0.3, -0.25) is 9.69 Å². The zero-order chi connectivity index (χ0) is 17.6. The van der Waals surface area contributed by atoms with Crippen LogP contribution in [0.15, 0.2) is 18.2 Å². The Labute approximate surface area is 151 Å². The third kappa shape index (κ3) is 4.53. The molecule has 0 bridgehead atoms. The Morgan fingerprint density at radius 2 is 2.12 bits per heavy atom. The first kappa shape index (κ1) is 18.2. The first-order valence-corrected chi connectivity index (χ1v) is 9.59. The van der Waals surface area contributed by atoms with Crippen LogP contribution in [0.4, 0.5) is 0 Å². The highest BCUT2D eigenvalue weighted by atomic mass is 16.5. The fourth-order valence-corrected chi connectivity index (χ4v) is 4.01. The van der Waals surface area contributed by atoms with Crippen molar-refractivity contribution in [2.75, 3.05) is 46.4 Å². The number of hydrogen-bond donors (Lipinski definition) is 1. The van der Waals surface area contributed by atoms with Crippen LogP contribution < -0.4 is 10.1 Å². The second-order valence-electron chi connectivity index (χ2n) is 7.14. The normalized spacial score (nSPS) is 20.8. The van der Waals surface area contributed by atoms with Crippen LogP contribution in [0.2, 0.25) is 0 Å². The molecule has 0 unspecified atom stereocenters. The molecule has 1 saturated heterocycles. The van der Waals surface area contributed by atoms with E-state index in [1.54, 1.807) is 7.11 Å². The fourth-order valence-electron chi connectivity index (χ4n) is 4.01. The second kappa shape index (κ2) is 8.68. The standard InChI is InChI=1S/C20H31N3O2/c1-3-10-23(20(24)15-22-11-8-21-9-12-22)18-6-4-16-5-7-19(25-2)14-17(16)13-18/h5,7,14,18,21H,3-4,6,8-13,15H2,1-2H3/t18-/m1/s1. The van der Waals surface area contributed by atoms with Gasteiger partial charge in [-0.25, -0.2) is 0 Å². The molecule has 1 aromatic carbocycles. The van der Waals surface area contributed by atoms with Gasteiger partial charge < -0.3 is 15.0 Å². The minimum absolute atomic E-state index is 0.292. The predicted octanol–water partition coefficient (Wildman–Crippen LogP) is 1.70. The number of nitrogens with zero attached hydrogens (tertiary/aromatic N) is 2. The van der Waals surface area contributed by atoms with Gasteiger partial charge in [-0.15, -0.1) is 0 Å². The van der Waals surface area contributed by atoms with E-state index in [1.165, 1.54) is 11.1 Å². The molecule has 0 saturated carbocycles. The van der Waals surface area contributed by atoms with Gasteiger partial charge in [-0.05, 0) is 48.9 Å². The third-order valence-electron chi connectivity index (χ3n) is 5.41. The smallest absolute Gasteiger partial charge is 0.237 e. The van der Waals surface area contributed by atoms with E-state index in [-0.39, 0.29) is 0 Å². The van der Waals surface area contributed by atoms with Crippen LogP contribution in [0.1, 0.15) is 30.9 Å². The summed E-state index contributed by atoms with van der Waals surface area (Å²) in [5.41, 5.74) is 2.75. The molecule has 5 nitrogen and oxygen atoms in total. The summed E-state index contributed by atoms with van der Waals surface area (Å²) in [5.74, 6) is 1.20. The Balaban J connectivity index is 1.68. The van der Waals surface area contributed by atoms with Gasteiger partial charge >= 0.3 is 0 Å². The highest BCUT2D eigenvalue weighted by molar-refractivity contribution is 5.78. The number of aryl methyl sites for hydroxylation is 1. The number of carbonyl (C=O) groups excluding carboxylic acids is 1. The molecule has 1 atom stereocenters. The highest BCUT2D eigenvalue weighted by Crippen LogP contribution is 2.28. The van der Waals surface area contributed by atoms with E-state index in [0.717, 1.165) is 64.2 Å². The fraction of sp³-hybridized carbons (Fsp3) is 0.650. The van der Waals surface area contributed by atoms with E-state index in [2.05, 4.69) is 34.2 Å². The number of nitrogens with one attached hydrogen (secondary N) is 1. The summed E-state index contributed by atoms with van der Waals surface area (Å²) in [6.45, 7) is 7.48. The number of methoxy groups -OCH3 is 1. The lowest BCUT2D eigenvalue weighted by Gasteiger charge is -2.37. The predicted molar refractivity (Wildman–Crippen MR) is 100 cm³/mol. The van der Waals surface area contributed by atoms with E-state index < -0.39 is 0 Å². The minimum Gasteiger partial charge on any atom is -0.497 e. The maximum atomic E-state index is 13.0.